The highest BCUT2D eigenvalue weighted by atomic mass is 32.2. The van der Waals surface area contributed by atoms with Gasteiger partial charge in [-0.3, -0.25) is 0 Å². The zero-order valence-corrected chi connectivity index (χ0v) is 12.9. The lowest BCUT2D eigenvalue weighted by Gasteiger charge is -2.11. The number of aliphatic hydroxyl groups excluding tert-OH is 1. The van der Waals surface area contributed by atoms with E-state index in [1.165, 1.54) is 11.8 Å². The van der Waals surface area contributed by atoms with Crippen molar-refractivity contribution in [3.63, 3.8) is 0 Å². The Kier molecular flexibility index (Phi) is 5.98. The summed E-state index contributed by atoms with van der Waals surface area (Å²) in [6.45, 7) is 5.08. The number of allylic oxidation sites excluding steroid dienone is 1. The van der Waals surface area contributed by atoms with Crippen molar-refractivity contribution in [2.45, 2.75) is 24.3 Å². The molecular formula is C15H20N4OS. The summed E-state index contributed by atoms with van der Waals surface area (Å²) in [7, 11) is 1.87. The van der Waals surface area contributed by atoms with Crippen molar-refractivity contribution >= 4 is 11.8 Å². The Bertz CT molecular complexity index is 570. The van der Waals surface area contributed by atoms with E-state index in [4.69, 9.17) is 0 Å². The molecule has 0 fully saturated rings. The van der Waals surface area contributed by atoms with E-state index < -0.39 is 6.10 Å². The van der Waals surface area contributed by atoms with Crippen molar-refractivity contribution in [3.05, 3.63) is 54.4 Å². The van der Waals surface area contributed by atoms with Crippen LogP contribution in [0.1, 0.15) is 17.5 Å². The Morgan fingerprint density at radius 2 is 2.14 bits per heavy atom. The summed E-state index contributed by atoms with van der Waals surface area (Å²) >= 11 is 1.50. The number of aliphatic hydroxyl groups is 1. The molecule has 2 rings (SSSR count). The van der Waals surface area contributed by atoms with Gasteiger partial charge >= 0.3 is 0 Å². The number of thioether (sulfide) groups is 1. The van der Waals surface area contributed by atoms with Crippen molar-refractivity contribution in [2.24, 2.45) is 0 Å². The minimum absolute atomic E-state index is 0.516. The highest BCUT2D eigenvalue weighted by Crippen LogP contribution is 2.24. The molecule has 0 amide bonds. The Hall–Kier alpha value is -1.63. The summed E-state index contributed by atoms with van der Waals surface area (Å²) < 4.78 is 2.01. The van der Waals surface area contributed by atoms with Gasteiger partial charge in [-0.05, 0) is 12.6 Å². The monoisotopic (exact) mass is 304 g/mol. The molecule has 0 radical (unpaired) electrons. The van der Waals surface area contributed by atoms with E-state index in [-0.39, 0.29) is 0 Å². The molecule has 1 atom stereocenters. The molecule has 1 heterocycles. The van der Waals surface area contributed by atoms with Crippen LogP contribution in [-0.4, -0.2) is 32.7 Å². The predicted molar refractivity (Wildman–Crippen MR) is 85.1 cm³/mol. The second-order valence-corrected chi connectivity index (χ2v) is 5.55. The van der Waals surface area contributed by atoms with Gasteiger partial charge in [0.2, 0.25) is 0 Å². The molecule has 2 aromatic rings. The minimum Gasteiger partial charge on any atom is -0.388 e. The molecule has 0 aliphatic heterocycles. The molecule has 0 spiro atoms. The molecule has 5 nitrogen and oxygen atoms in total. The van der Waals surface area contributed by atoms with Crippen LogP contribution in [0.15, 0.2) is 48.1 Å². The van der Waals surface area contributed by atoms with E-state index in [2.05, 4.69) is 22.1 Å². The summed E-state index contributed by atoms with van der Waals surface area (Å²) in [5, 5.41) is 22.4. The van der Waals surface area contributed by atoms with Crippen LogP contribution in [0.2, 0.25) is 0 Å². The van der Waals surface area contributed by atoms with Gasteiger partial charge in [-0.15, -0.1) is 16.8 Å². The lowest BCUT2D eigenvalue weighted by Crippen LogP contribution is -2.12. The third kappa shape index (κ3) is 4.17. The largest absolute Gasteiger partial charge is 0.388 e. The van der Waals surface area contributed by atoms with Crippen molar-refractivity contribution in [3.8, 4) is 0 Å². The van der Waals surface area contributed by atoms with E-state index in [1.807, 2.05) is 48.0 Å². The maximum absolute atomic E-state index is 10.2. The van der Waals surface area contributed by atoms with Gasteiger partial charge in [0, 0.05) is 12.3 Å². The zero-order valence-electron chi connectivity index (χ0n) is 12.1. The molecule has 21 heavy (non-hydrogen) atoms. The van der Waals surface area contributed by atoms with Crippen molar-refractivity contribution in [1.29, 1.82) is 0 Å². The molecule has 0 unspecified atom stereocenters. The van der Waals surface area contributed by atoms with Gasteiger partial charge in [0.05, 0.1) is 12.6 Å². The molecule has 1 aromatic carbocycles. The van der Waals surface area contributed by atoms with Crippen molar-refractivity contribution in [1.82, 2.24) is 20.1 Å². The first-order valence-electron chi connectivity index (χ1n) is 6.79. The Morgan fingerprint density at radius 3 is 2.81 bits per heavy atom. The topological polar surface area (TPSA) is 63.0 Å². The maximum Gasteiger partial charge on any atom is 0.191 e. The van der Waals surface area contributed by atoms with Crippen LogP contribution in [0.3, 0.4) is 0 Å². The van der Waals surface area contributed by atoms with Gasteiger partial charge in [-0.25, -0.2) is 0 Å². The number of hydrogen-bond donors (Lipinski definition) is 2. The fraction of sp³-hybridized carbons (Fsp3) is 0.333. The summed E-state index contributed by atoms with van der Waals surface area (Å²) in [4.78, 5) is 0. The molecule has 0 aliphatic rings. The molecule has 1 aromatic heterocycles. The quantitative estimate of drug-likeness (QED) is 0.577. The Balaban J connectivity index is 2.04. The van der Waals surface area contributed by atoms with Gasteiger partial charge in [0.15, 0.2) is 5.16 Å². The van der Waals surface area contributed by atoms with Crippen LogP contribution in [0.4, 0.5) is 0 Å². The van der Waals surface area contributed by atoms with E-state index in [0.717, 1.165) is 16.5 Å². The lowest BCUT2D eigenvalue weighted by atomic mass is 10.1. The standard InChI is InChI=1S/C15H20N4OS/c1-3-9-19-14(10-16-2)17-18-15(19)21-11-13(20)12-7-5-4-6-8-12/h3-8,13,16,20H,1,9-11H2,2H3/t13-/m1/s1. The normalized spacial score (nSPS) is 12.3. The summed E-state index contributed by atoms with van der Waals surface area (Å²) in [5.74, 6) is 1.41. The molecule has 6 heteroatoms. The van der Waals surface area contributed by atoms with Gasteiger partial charge in [-0.2, -0.15) is 0 Å². The van der Waals surface area contributed by atoms with Gasteiger partial charge in [0.25, 0.3) is 0 Å². The molecule has 112 valence electrons. The summed E-state index contributed by atoms with van der Waals surface area (Å²) in [6.07, 6.45) is 1.30. The smallest absolute Gasteiger partial charge is 0.191 e. The first kappa shape index (κ1) is 15.8. The first-order chi connectivity index (χ1) is 10.3. The maximum atomic E-state index is 10.2. The molecule has 0 aliphatic carbocycles. The number of nitrogens with one attached hydrogen (secondary N) is 1. The average Bonchev–Trinajstić information content (AvgIpc) is 2.89. The van der Waals surface area contributed by atoms with Crippen LogP contribution in [-0.2, 0) is 13.1 Å². The average molecular weight is 304 g/mol. The van der Waals surface area contributed by atoms with E-state index in [9.17, 15) is 5.11 Å². The van der Waals surface area contributed by atoms with Crippen molar-refractivity contribution < 1.29 is 5.11 Å². The van der Waals surface area contributed by atoms with Crippen molar-refractivity contribution in [2.75, 3.05) is 12.8 Å². The molecular weight excluding hydrogens is 284 g/mol. The van der Waals surface area contributed by atoms with Gasteiger partial charge < -0.3 is 15.0 Å². The summed E-state index contributed by atoms with van der Waals surface area (Å²) in [6, 6.07) is 9.63. The fourth-order valence-corrected chi connectivity index (χ4v) is 2.89. The molecule has 0 saturated heterocycles. The van der Waals surface area contributed by atoms with E-state index >= 15 is 0 Å². The highest BCUT2D eigenvalue weighted by molar-refractivity contribution is 7.99. The van der Waals surface area contributed by atoms with Gasteiger partial charge in [0.1, 0.15) is 5.82 Å². The van der Waals surface area contributed by atoms with E-state index in [1.54, 1.807) is 0 Å². The SMILES string of the molecule is C=CCn1c(CNC)nnc1SC[C@@H](O)c1ccccc1. The number of benzene rings is 1. The van der Waals surface area contributed by atoms with Crippen LogP contribution in [0, 0.1) is 0 Å². The summed E-state index contributed by atoms with van der Waals surface area (Å²) in [5.41, 5.74) is 0.912. The Morgan fingerprint density at radius 1 is 1.38 bits per heavy atom. The van der Waals surface area contributed by atoms with Crippen LogP contribution in [0.25, 0.3) is 0 Å². The minimum atomic E-state index is -0.516. The third-order valence-corrected chi connectivity index (χ3v) is 4.04. The lowest BCUT2D eigenvalue weighted by molar-refractivity contribution is 0.204. The molecule has 0 bridgehead atoms. The third-order valence-electron chi connectivity index (χ3n) is 2.99. The van der Waals surface area contributed by atoms with Crippen LogP contribution in [0.5, 0.6) is 0 Å². The Labute approximate surface area is 129 Å². The fourth-order valence-electron chi connectivity index (χ4n) is 1.95. The molecule has 2 N–H and O–H groups in total. The highest BCUT2D eigenvalue weighted by Gasteiger charge is 2.14. The number of rotatable bonds is 8. The molecule has 0 saturated carbocycles. The second kappa shape index (κ2) is 7.97. The second-order valence-electron chi connectivity index (χ2n) is 4.57. The first-order valence-corrected chi connectivity index (χ1v) is 7.78. The van der Waals surface area contributed by atoms with E-state index in [0.29, 0.717) is 18.8 Å². The number of hydrogen-bond acceptors (Lipinski definition) is 5. The van der Waals surface area contributed by atoms with Gasteiger partial charge in [-0.1, -0.05) is 48.2 Å². The number of nitrogens with zero attached hydrogens (tertiary/aromatic N) is 3. The van der Waals surface area contributed by atoms with Crippen LogP contribution >= 0.6 is 11.8 Å². The van der Waals surface area contributed by atoms with Crippen LogP contribution < -0.4 is 5.32 Å². The zero-order chi connectivity index (χ0) is 15.1. The number of aromatic nitrogens is 3. The predicted octanol–water partition coefficient (Wildman–Crippen LogP) is 2.01.